The van der Waals surface area contributed by atoms with Gasteiger partial charge in [0.05, 0.1) is 6.61 Å². The van der Waals surface area contributed by atoms with Crippen molar-refractivity contribution in [1.29, 1.82) is 0 Å². The average Bonchev–Trinajstić information content (AvgIpc) is 3.11. The van der Waals surface area contributed by atoms with Crippen LogP contribution in [0.5, 0.6) is 0 Å². The summed E-state index contributed by atoms with van der Waals surface area (Å²) in [5.41, 5.74) is 0. The summed E-state index contributed by atoms with van der Waals surface area (Å²) >= 11 is 0. The molecule has 298 valence electrons. The first-order valence-corrected chi connectivity index (χ1v) is 21.8. The first-order valence-electron chi connectivity index (χ1n) is 20.2. The second-order valence-corrected chi connectivity index (χ2v) is 14.5. The SMILES string of the molecule is CC/C=C\C/C=C\C/C=C\C/C=C\C/C=C\CCCCCC(=O)OC[C@H](COP(=O)(O)O)OC(=O)CCCCCCC/C=C\CCCCCCCC. The summed E-state index contributed by atoms with van der Waals surface area (Å²) in [6.07, 6.45) is 49.0. The van der Waals surface area contributed by atoms with Gasteiger partial charge in [-0.3, -0.25) is 14.1 Å². The van der Waals surface area contributed by atoms with Crippen LogP contribution in [0.4, 0.5) is 0 Å². The van der Waals surface area contributed by atoms with E-state index in [1.807, 2.05) is 0 Å². The molecule has 0 saturated carbocycles. The van der Waals surface area contributed by atoms with Gasteiger partial charge in [0.2, 0.25) is 0 Å². The van der Waals surface area contributed by atoms with E-state index >= 15 is 0 Å². The standard InChI is InChI=1S/C43H73O8P/c1-3-5-7-9-11-13-15-17-19-20-21-22-24-25-27-29-31-33-35-37-42(44)49-39-41(40-50-52(46,47)48)51-43(45)38-36-34-32-30-28-26-23-18-16-14-12-10-8-6-4-2/h5,7,11,13,17-19,21-23,25,27,41H,3-4,6,8-10,12,14-16,20,24,26,28-40H2,1-2H3,(H2,46,47,48)/b7-5-,13-11-,19-17-,22-21-,23-18-,27-25-/t41-/m1/s1. The molecule has 8 nitrogen and oxygen atoms in total. The van der Waals surface area contributed by atoms with E-state index in [2.05, 4.69) is 91.3 Å². The predicted molar refractivity (Wildman–Crippen MR) is 216 cm³/mol. The van der Waals surface area contributed by atoms with E-state index < -0.39 is 32.5 Å². The zero-order valence-corrected chi connectivity index (χ0v) is 33.6. The second-order valence-electron chi connectivity index (χ2n) is 13.2. The molecular weight excluding hydrogens is 675 g/mol. The lowest BCUT2D eigenvalue weighted by molar-refractivity contribution is -0.161. The van der Waals surface area contributed by atoms with Crippen molar-refractivity contribution in [1.82, 2.24) is 0 Å². The number of hydrogen-bond donors (Lipinski definition) is 2. The largest absolute Gasteiger partial charge is 0.469 e. The van der Waals surface area contributed by atoms with E-state index in [0.29, 0.717) is 12.8 Å². The summed E-state index contributed by atoms with van der Waals surface area (Å²) in [4.78, 5) is 42.8. The van der Waals surface area contributed by atoms with Gasteiger partial charge >= 0.3 is 19.8 Å². The molecule has 52 heavy (non-hydrogen) atoms. The molecule has 9 heteroatoms. The zero-order valence-electron chi connectivity index (χ0n) is 32.7. The molecule has 0 fully saturated rings. The highest BCUT2D eigenvalue weighted by atomic mass is 31.2. The van der Waals surface area contributed by atoms with Crippen LogP contribution in [0.2, 0.25) is 0 Å². The Morgan fingerprint density at radius 2 is 0.923 bits per heavy atom. The molecule has 1 atom stereocenters. The molecule has 0 heterocycles. The third kappa shape index (κ3) is 40.3. The van der Waals surface area contributed by atoms with E-state index in [0.717, 1.165) is 83.5 Å². The van der Waals surface area contributed by atoms with Gasteiger partial charge in [0.25, 0.3) is 0 Å². The summed E-state index contributed by atoms with van der Waals surface area (Å²) in [7, 11) is -4.77. The van der Waals surface area contributed by atoms with Gasteiger partial charge in [0, 0.05) is 12.8 Å². The highest BCUT2D eigenvalue weighted by molar-refractivity contribution is 7.46. The van der Waals surface area contributed by atoms with Gasteiger partial charge in [-0.25, -0.2) is 4.57 Å². The molecule has 0 unspecified atom stereocenters. The van der Waals surface area contributed by atoms with Crippen LogP contribution in [0, 0.1) is 0 Å². The molecule has 0 aliphatic heterocycles. The maximum absolute atomic E-state index is 12.4. The normalized spacial score (nSPS) is 13.2. The Hall–Kier alpha value is -2.51. The summed E-state index contributed by atoms with van der Waals surface area (Å²) in [6.45, 7) is 3.52. The Morgan fingerprint density at radius 1 is 0.519 bits per heavy atom. The topological polar surface area (TPSA) is 119 Å². The zero-order chi connectivity index (χ0) is 38.2. The molecule has 0 aromatic rings. The quantitative estimate of drug-likeness (QED) is 0.0281. The minimum Gasteiger partial charge on any atom is -0.462 e. The minimum absolute atomic E-state index is 0.191. The van der Waals surface area contributed by atoms with Gasteiger partial charge in [-0.1, -0.05) is 145 Å². The minimum atomic E-state index is -4.77. The first kappa shape index (κ1) is 49.5. The molecule has 0 spiro atoms. The lowest BCUT2D eigenvalue weighted by atomic mass is 10.1. The van der Waals surface area contributed by atoms with E-state index in [-0.39, 0.29) is 19.4 Å². The number of phosphoric ester groups is 1. The Balaban J connectivity index is 4.03. The smallest absolute Gasteiger partial charge is 0.462 e. The second kappa shape index (κ2) is 38.2. The van der Waals surface area contributed by atoms with Crippen LogP contribution in [0.1, 0.15) is 168 Å². The number of hydrogen-bond acceptors (Lipinski definition) is 6. The van der Waals surface area contributed by atoms with Gasteiger partial charge in [0.1, 0.15) is 6.61 Å². The summed E-state index contributed by atoms with van der Waals surface area (Å²) in [6, 6.07) is 0. The highest BCUT2D eigenvalue weighted by Crippen LogP contribution is 2.36. The fourth-order valence-electron chi connectivity index (χ4n) is 5.22. The number of rotatable bonds is 36. The van der Waals surface area contributed by atoms with Crippen molar-refractivity contribution in [2.45, 2.75) is 174 Å². The van der Waals surface area contributed by atoms with Crippen LogP contribution >= 0.6 is 7.82 Å². The van der Waals surface area contributed by atoms with Crippen LogP contribution < -0.4 is 0 Å². The molecule has 0 aliphatic rings. The van der Waals surface area contributed by atoms with Crippen LogP contribution in [-0.2, 0) is 28.2 Å². The van der Waals surface area contributed by atoms with Gasteiger partial charge in [-0.15, -0.1) is 0 Å². The number of allylic oxidation sites excluding steroid dienone is 12. The Kier molecular flexibility index (Phi) is 36.4. The maximum atomic E-state index is 12.4. The molecule has 0 aromatic heterocycles. The fraction of sp³-hybridized carbons (Fsp3) is 0.674. The Morgan fingerprint density at radius 3 is 1.42 bits per heavy atom. The van der Waals surface area contributed by atoms with Crippen molar-refractivity contribution in [3.8, 4) is 0 Å². The highest BCUT2D eigenvalue weighted by Gasteiger charge is 2.22. The lowest BCUT2D eigenvalue weighted by Gasteiger charge is -2.18. The lowest BCUT2D eigenvalue weighted by Crippen LogP contribution is -2.29. The van der Waals surface area contributed by atoms with E-state index in [1.165, 1.54) is 44.9 Å². The number of ether oxygens (including phenoxy) is 2. The van der Waals surface area contributed by atoms with Crippen LogP contribution in [0.3, 0.4) is 0 Å². The van der Waals surface area contributed by atoms with Gasteiger partial charge in [0.15, 0.2) is 6.10 Å². The maximum Gasteiger partial charge on any atom is 0.469 e. The molecule has 0 aromatic carbocycles. The molecule has 2 N–H and O–H groups in total. The molecular formula is C43H73O8P. The number of phosphoric acid groups is 1. The molecule has 0 rings (SSSR count). The fourth-order valence-corrected chi connectivity index (χ4v) is 5.58. The average molecular weight is 749 g/mol. The first-order chi connectivity index (χ1) is 25.3. The number of unbranched alkanes of at least 4 members (excludes halogenated alkanes) is 14. The van der Waals surface area contributed by atoms with Crippen LogP contribution in [-0.4, -0.2) is 41.0 Å². The number of carbonyl (C=O) groups excluding carboxylic acids is 2. The summed E-state index contributed by atoms with van der Waals surface area (Å²) < 4.78 is 26.3. The third-order valence-corrected chi connectivity index (χ3v) is 8.69. The summed E-state index contributed by atoms with van der Waals surface area (Å²) in [5.74, 6) is -0.938. The molecule has 0 amide bonds. The van der Waals surface area contributed by atoms with Crippen molar-refractivity contribution in [3.05, 3.63) is 72.9 Å². The van der Waals surface area contributed by atoms with Crippen molar-refractivity contribution >= 4 is 19.8 Å². The molecule has 0 radical (unpaired) electrons. The summed E-state index contributed by atoms with van der Waals surface area (Å²) in [5, 5.41) is 0. The van der Waals surface area contributed by atoms with E-state index in [9.17, 15) is 14.2 Å². The van der Waals surface area contributed by atoms with Crippen molar-refractivity contribution in [3.63, 3.8) is 0 Å². The van der Waals surface area contributed by atoms with Crippen molar-refractivity contribution in [2.75, 3.05) is 13.2 Å². The van der Waals surface area contributed by atoms with Crippen LogP contribution in [0.15, 0.2) is 72.9 Å². The van der Waals surface area contributed by atoms with Crippen molar-refractivity contribution < 1.29 is 37.9 Å². The van der Waals surface area contributed by atoms with E-state index in [4.69, 9.17) is 19.3 Å². The monoisotopic (exact) mass is 749 g/mol. The number of esters is 2. The number of carbonyl (C=O) groups is 2. The van der Waals surface area contributed by atoms with Crippen LogP contribution in [0.25, 0.3) is 0 Å². The van der Waals surface area contributed by atoms with Gasteiger partial charge in [-0.05, 0) is 83.5 Å². The molecule has 0 saturated heterocycles. The molecule has 0 aliphatic carbocycles. The van der Waals surface area contributed by atoms with Crippen molar-refractivity contribution in [2.24, 2.45) is 0 Å². The Bertz CT molecular complexity index is 1070. The van der Waals surface area contributed by atoms with E-state index in [1.54, 1.807) is 0 Å². The Labute approximate surface area is 317 Å². The third-order valence-electron chi connectivity index (χ3n) is 8.21. The predicted octanol–water partition coefficient (Wildman–Crippen LogP) is 12.3. The van der Waals surface area contributed by atoms with Gasteiger partial charge in [-0.2, -0.15) is 0 Å². The molecule has 0 bridgehead atoms. The van der Waals surface area contributed by atoms with Gasteiger partial charge < -0.3 is 19.3 Å².